The van der Waals surface area contributed by atoms with E-state index in [-0.39, 0.29) is 0 Å². The normalized spacial score (nSPS) is 17.8. The molecule has 1 atom stereocenters. The first kappa shape index (κ1) is 24.0. The Morgan fingerprint density at radius 1 is 1.15 bits per heavy atom. The molecule has 0 aromatic rings. The molecule has 0 saturated carbocycles. The predicted molar refractivity (Wildman–Crippen MR) is 123 cm³/mol. The standard InChI is InChI=1S/C26H45N/c1-7-20-27(6)21-10-14-24(5)26-18-16-25(17-19-26)15-9-13-23(4)12-8-11-22(2)3/h11,13,16,26H,5,7-10,12,14-15,17-21H2,1-4,6H3/b23-13+. The Balaban J connectivity index is 2.24. The van der Waals surface area contributed by atoms with Crippen molar-refractivity contribution in [3.63, 3.8) is 0 Å². The van der Waals surface area contributed by atoms with Gasteiger partial charge < -0.3 is 4.90 Å². The lowest BCUT2D eigenvalue weighted by molar-refractivity contribution is 0.327. The molecule has 0 heterocycles. The topological polar surface area (TPSA) is 3.24 Å². The molecule has 1 rings (SSSR count). The Kier molecular flexibility index (Phi) is 12.4. The maximum atomic E-state index is 4.41. The summed E-state index contributed by atoms with van der Waals surface area (Å²) in [6.45, 7) is 15.7. The molecule has 0 spiro atoms. The van der Waals surface area contributed by atoms with Gasteiger partial charge in [0.25, 0.3) is 0 Å². The van der Waals surface area contributed by atoms with E-state index in [1.54, 1.807) is 11.1 Å². The zero-order chi connectivity index (χ0) is 20.1. The van der Waals surface area contributed by atoms with Gasteiger partial charge in [-0.1, -0.05) is 54.0 Å². The number of allylic oxidation sites excluding steroid dienone is 7. The quantitative estimate of drug-likeness (QED) is 0.298. The molecule has 0 aromatic carbocycles. The van der Waals surface area contributed by atoms with E-state index in [1.165, 1.54) is 88.4 Å². The highest BCUT2D eigenvalue weighted by Gasteiger charge is 2.16. The lowest BCUT2D eigenvalue weighted by Crippen LogP contribution is -2.20. The van der Waals surface area contributed by atoms with Gasteiger partial charge >= 0.3 is 0 Å². The van der Waals surface area contributed by atoms with Crippen LogP contribution in [0.2, 0.25) is 0 Å². The van der Waals surface area contributed by atoms with Gasteiger partial charge in [-0.15, -0.1) is 0 Å². The van der Waals surface area contributed by atoms with E-state index in [4.69, 9.17) is 0 Å². The van der Waals surface area contributed by atoms with Crippen molar-refractivity contribution in [1.29, 1.82) is 0 Å². The fourth-order valence-corrected chi connectivity index (χ4v) is 3.95. The molecule has 1 heteroatoms. The van der Waals surface area contributed by atoms with Crippen molar-refractivity contribution in [3.8, 4) is 0 Å². The zero-order valence-electron chi connectivity index (χ0n) is 18.9. The fraction of sp³-hybridized carbons (Fsp3) is 0.692. The summed E-state index contributed by atoms with van der Waals surface area (Å²) in [6, 6.07) is 0. The van der Waals surface area contributed by atoms with Crippen molar-refractivity contribution in [1.82, 2.24) is 4.90 Å². The summed E-state index contributed by atoms with van der Waals surface area (Å²) >= 11 is 0. The fourth-order valence-electron chi connectivity index (χ4n) is 3.95. The molecule has 0 N–H and O–H groups in total. The highest BCUT2D eigenvalue weighted by molar-refractivity contribution is 5.14. The molecule has 0 amide bonds. The van der Waals surface area contributed by atoms with E-state index in [0.29, 0.717) is 0 Å². The predicted octanol–water partition coefficient (Wildman–Crippen LogP) is 7.86. The molecule has 0 aliphatic heterocycles. The summed E-state index contributed by atoms with van der Waals surface area (Å²) < 4.78 is 0. The third-order valence-corrected chi connectivity index (χ3v) is 5.77. The van der Waals surface area contributed by atoms with E-state index in [9.17, 15) is 0 Å². The molecule has 1 unspecified atom stereocenters. The van der Waals surface area contributed by atoms with Crippen LogP contribution in [0.5, 0.6) is 0 Å². The molecule has 27 heavy (non-hydrogen) atoms. The average Bonchev–Trinajstić information content (AvgIpc) is 2.62. The van der Waals surface area contributed by atoms with Crippen LogP contribution in [0.3, 0.4) is 0 Å². The van der Waals surface area contributed by atoms with Crippen molar-refractivity contribution >= 4 is 0 Å². The van der Waals surface area contributed by atoms with Crippen LogP contribution in [0.15, 0.2) is 47.1 Å². The SMILES string of the molecule is C=C(CCCN(C)CCC)C1CC=C(CC/C=C(\C)CCC=C(C)C)CC1. The Bertz CT molecular complexity index is 516. The maximum Gasteiger partial charge on any atom is -0.00187 e. The molecular formula is C26H45N. The largest absolute Gasteiger partial charge is 0.306 e. The Morgan fingerprint density at radius 3 is 2.56 bits per heavy atom. The van der Waals surface area contributed by atoms with Crippen molar-refractivity contribution in [2.75, 3.05) is 20.1 Å². The Hall–Kier alpha value is -1.08. The zero-order valence-corrected chi connectivity index (χ0v) is 18.9. The first-order valence-corrected chi connectivity index (χ1v) is 11.3. The number of nitrogens with zero attached hydrogens (tertiary/aromatic N) is 1. The van der Waals surface area contributed by atoms with E-state index in [2.05, 4.69) is 64.4 Å². The number of hydrogen-bond donors (Lipinski definition) is 0. The summed E-state index contributed by atoms with van der Waals surface area (Å²) in [5.41, 5.74) is 6.14. The molecule has 0 fully saturated rings. The van der Waals surface area contributed by atoms with Gasteiger partial charge in [-0.05, 0) is 111 Å². The summed E-state index contributed by atoms with van der Waals surface area (Å²) in [4.78, 5) is 2.45. The number of rotatable bonds is 13. The second-order valence-corrected chi connectivity index (χ2v) is 8.81. The van der Waals surface area contributed by atoms with Gasteiger partial charge in [0.15, 0.2) is 0 Å². The number of hydrogen-bond acceptors (Lipinski definition) is 1. The molecule has 0 bridgehead atoms. The summed E-state index contributed by atoms with van der Waals surface area (Å²) in [5, 5.41) is 0. The van der Waals surface area contributed by atoms with Gasteiger partial charge in [0.2, 0.25) is 0 Å². The van der Waals surface area contributed by atoms with Gasteiger partial charge in [0.05, 0.1) is 0 Å². The van der Waals surface area contributed by atoms with E-state index < -0.39 is 0 Å². The molecule has 1 nitrogen and oxygen atoms in total. The van der Waals surface area contributed by atoms with Crippen LogP contribution < -0.4 is 0 Å². The highest BCUT2D eigenvalue weighted by Crippen LogP contribution is 2.32. The third-order valence-electron chi connectivity index (χ3n) is 5.77. The smallest absolute Gasteiger partial charge is 0.00187 e. The first-order chi connectivity index (χ1) is 12.9. The van der Waals surface area contributed by atoms with Crippen LogP contribution >= 0.6 is 0 Å². The van der Waals surface area contributed by atoms with Crippen LogP contribution in [0.25, 0.3) is 0 Å². The van der Waals surface area contributed by atoms with Gasteiger partial charge in [0.1, 0.15) is 0 Å². The van der Waals surface area contributed by atoms with Crippen molar-refractivity contribution in [3.05, 3.63) is 47.1 Å². The van der Waals surface area contributed by atoms with Crippen molar-refractivity contribution in [2.45, 2.75) is 91.9 Å². The second kappa shape index (κ2) is 14.0. The van der Waals surface area contributed by atoms with Crippen molar-refractivity contribution in [2.24, 2.45) is 5.92 Å². The highest BCUT2D eigenvalue weighted by atomic mass is 15.1. The molecular weight excluding hydrogens is 326 g/mol. The first-order valence-electron chi connectivity index (χ1n) is 11.3. The Morgan fingerprint density at radius 2 is 1.93 bits per heavy atom. The molecule has 0 aromatic heterocycles. The molecule has 0 saturated heterocycles. The van der Waals surface area contributed by atoms with Crippen LogP contribution in [0, 0.1) is 5.92 Å². The van der Waals surface area contributed by atoms with E-state index >= 15 is 0 Å². The maximum absolute atomic E-state index is 4.41. The lowest BCUT2D eigenvalue weighted by atomic mass is 9.82. The Labute approximate surface area is 170 Å². The summed E-state index contributed by atoms with van der Waals surface area (Å²) in [5.74, 6) is 0.728. The minimum absolute atomic E-state index is 0.728. The van der Waals surface area contributed by atoms with Crippen LogP contribution in [0.1, 0.15) is 91.9 Å². The second-order valence-electron chi connectivity index (χ2n) is 8.81. The van der Waals surface area contributed by atoms with Gasteiger partial charge in [-0.2, -0.15) is 0 Å². The third kappa shape index (κ3) is 11.4. The van der Waals surface area contributed by atoms with E-state index in [1.807, 2.05) is 0 Å². The van der Waals surface area contributed by atoms with Gasteiger partial charge in [0, 0.05) is 0 Å². The van der Waals surface area contributed by atoms with E-state index in [0.717, 1.165) is 5.92 Å². The van der Waals surface area contributed by atoms with Gasteiger partial charge in [-0.3, -0.25) is 0 Å². The molecule has 154 valence electrons. The summed E-state index contributed by atoms with van der Waals surface area (Å²) in [7, 11) is 2.24. The monoisotopic (exact) mass is 371 g/mol. The van der Waals surface area contributed by atoms with Crippen molar-refractivity contribution < 1.29 is 0 Å². The minimum Gasteiger partial charge on any atom is -0.306 e. The van der Waals surface area contributed by atoms with Crippen LogP contribution in [-0.2, 0) is 0 Å². The lowest BCUT2D eigenvalue weighted by Gasteiger charge is -2.24. The molecule has 1 aliphatic carbocycles. The average molecular weight is 372 g/mol. The minimum atomic E-state index is 0.728. The van der Waals surface area contributed by atoms with Crippen LogP contribution in [-0.4, -0.2) is 25.0 Å². The van der Waals surface area contributed by atoms with Crippen LogP contribution in [0.4, 0.5) is 0 Å². The van der Waals surface area contributed by atoms with Gasteiger partial charge in [-0.25, -0.2) is 0 Å². The molecule has 0 radical (unpaired) electrons. The molecule has 1 aliphatic rings. The summed E-state index contributed by atoms with van der Waals surface area (Å²) in [6.07, 6.45) is 19.7.